The van der Waals surface area contributed by atoms with Crippen molar-refractivity contribution in [3.63, 3.8) is 0 Å². The molecular weight excluding hydrogens is 278 g/mol. The molecule has 2 aliphatic heterocycles. The lowest BCUT2D eigenvalue weighted by Crippen LogP contribution is -2.50. The van der Waals surface area contributed by atoms with E-state index in [9.17, 15) is 4.79 Å². The number of ether oxygens (including phenoxy) is 1. The largest absolute Gasteiger partial charge is 0.444 e. The number of hydrogen-bond acceptors (Lipinski definition) is 4. The van der Waals surface area contributed by atoms with E-state index in [2.05, 4.69) is 16.0 Å². The third kappa shape index (κ3) is 3.18. The van der Waals surface area contributed by atoms with Crippen molar-refractivity contribution >= 4 is 11.8 Å². The average molecular weight is 303 g/mol. The molecule has 5 nitrogen and oxygen atoms in total. The molecular formula is C17H25N3O2. The molecule has 1 aromatic rings. The number of nitrogens with zero attached hydrogens (tertiary/aromatic N) is 3. The Balaban J connectivity index is 1.72. The minimum Gasteiger partial charge on any atom is -0.444 e. The molecule has 5 heteroatoms. The van der Waals surface area contributed by atoms with Gasteiger partial charge in [-0.25, -0.2) is 4.79 Å². The van der Waals surface area contributed by atoms with Crippen LogP contribution >= 0.6 is 0 Å². The van der Waals surface area contributed by atoms with E-state index in [1.165, 1.54) is 6.42 Å². The number of aromatic nitrogens is 1. The van der Waals surface area contributed by atoms with E-state index in [1.54, 1.807) is 6.20 Å². The van der Waals surface area contributed by atoms with Crippen LogP contribution < -0.4 is 4.90 Å². The van der Waals surface area contributed by atoms with E-state index >= 15 is 0 Å². The highest BCUT2D eigenvalue weighted by Gasteiger charge is 2.42. The van der Waals surface area contributed by atoms with Gasteiger partial charge in [0, 0.05) is 25.8 Å². The summed E-state index contributed by atoms with van der Waals surface area (Å²) in [5, 5.41) is 0. The molecule has 2 fully saturated rings. The highest BCUT2D eigenvalue weighted by atomic mass is 16.6. The first-order valence-electron chi connectivity index (χ1n) is 8.08. The summed E-state index contributed by atoms with van der Waals surface area (Å²) in [5.74, 6) is 0.529. The highest BCUT2D eigenvalue weighted by molar-refractivity contribution is 5.69. The normalized spacial score (nSPS) is 25.0. The molecule has 3 heterocycles. The third-order valence-corrected chi connectivity index (χ3v) is 4.42. The van der Waals surface area contributed by atoms with Gasteiger partial charge in [0.15, 0.2) is 0 Å². The van der Waals surface area contributed by atoms with Gasteiger partial charge in [-0.3, -0.25) is 4.98 Å². The number of carbonyl (C=O) groups is 1. The summed E-state index contributed by atoms with van der Waals surface area (Å²) in [6.07, 6.45) is 5.76. The second kappa shape index (κ2) is 5.78. The summed E-state index contributed by atoms with van der Waals surface area (Å²) < 4.78 is 5.58. The molecule has 22 heavy (non-hydrogen) atoms. The molecule has 0 radical (unpaired) electrons. The molecule has 0 aromatic carbocycles. The fourth-order valence-electron chi connectivity index (χ4n) is 3.48. The van der Waals surface area contributed by atoms with Gasteiger partial charge in [-0.2, -0.15) is 0 Å². The van der Waals surface area contributed by atoms with Crippen LogP contribution in [0.15, 0.2) is 24.5 Å². The lowest BCUT2D eigenvalue weighted by molar-refractivity contribution is 0.00670. The molecule has 3 rings (SSSR count). The van der Waals surface area contributed by atoms with Gasteiger partial charge in [-0.15, -0.1) is 0 Å². The SMILES string of the molecule is CC(C)(C)OC(=O)N1CCCC2CN(c3cccnc3)CC21. The lowest BCUT2D eigenvalue weighted by atomic mass is 9.92. The van der Waals surface area contributed by atoms with Gasteiger partial charge in [0.2, 0.25) is 0 Å². The predicted octanol–water partition coefficient (Wildman–Crippen LogP) is 2.92. The maximum absolute atomic E-state index is 12.5. The van der Waals surface area contributed by atoms with Crippen LogP contribution in [0.2, 0.25) is 0 Å². The third-order valence-electron chi connectivity index (χ3n) is 4.42. The number of hydrogen-bond donors (Lipinski definition) is 0. The van der Waals surface area contributed by atoms with Gasteiger partial charge < -0.3 is 14.5 Å². The number of carbonyl (C=O) groups excluding carboxylic acids is 1. The smallest absolute Gasteiger partial charge is 0.410 e. The van der Waals surface area contributed by atoms with E-state index in [-0.39, 0.29) is 12.1 Å². The van der Waals surface area contributed by atoms with E-state index in [0.717, 1.165) is 31.7 Å². The van der Waals surface area contributed by atoms with Crippen molar-refractivity contribution < 1.29 is 9.53 Å². The Morgan fingerprint density at radius 1 is 1.36 bits per heavy atom. The quantitative estimate of drug-likeness (QED) is 0.800. The molecule has 0 bridgehead atoms. The first kappa shape index (κ1) is 15.1. The standard InChI is InChI=1S/C17H25N3O2/c1-17(2,3)22-16(21)20-9-5-6-13-11-19(12-15(13)20)14-7-4-8-18-10-14/h4,7-8,10,13,15H,5-6,9,11-12H2,1-3H3. The first-order chi connectivity index (χ1) is 10.4. The molecule has 2 atom stereocenters. The van der Waals surface area contributed by atoms with Crippen LogP contribution in [-0.4, -0.2) is 47.3 Å². The highest BCUT2D eigenvalue weighted by Crippen LogP contribution is 2.33. The molecule has 2 unspecified atom stereocenters. The second-order valence-corrected chi connectivity index (χ2v) is 7.26. The van der Waals surface area contributed by atoms with Crippen LogP contribution in [0, 0.1) is 5.92 Å². The fourth-order valence-corrected chi connectivity index (χ4v) is 3.48. The lowest BCUT2D eigenvalue weighted by Gasteiger charge is -2.37. The molecule has 0 N–H and O–H groups in total. The fraction of sp³-hybridized carbons (Fsp3) is 0.647. The zero-order valence-electron chi connectivity index (χ0n) is 13.7. The summed E-state index contributed by atoms with van der Waals surface area (Å²) in [6, 6.07) is 4.30. The number of rotatable bonds is 1. The van der Waals surface area contributed by atoms with Gasteiger partial charge in [0.05, 0.1) is 17.9 Å². The Hall–Kier alpha value is -1.78. The Labute approximate surface area is 132 Å². The van der Waals surface area contributed by atoms with Crippen LogP contribution in [0.3, 0.4) is 0 Å². The van der Waals surface area contributed by atoms with E-state index in [1.807, 2.05) is 37.9 Å². The van der Waals surface area contributed by atoms with Crippen molar-refractivity contribution in [2.75, 3.05) is 24.5 Å². The molecule has 0 aliphatic carbocycles. The summed E-state index contributed by atoms with van der Waals surface area (Å²) in [5.41, 5.74) is 0.701. The van der Waals surface area contributed by atoms with Crippen molar-refractivity contribution in [3.05, 3.63) is 24.5 Å². The predicted molar refractivity (Wildman–Crippen MR) is 85.9 cm³/mol. The summed E-state index contributed by atoms with van der Waals surface area (Å²) in [6.45, 7) is 8.43. The number of piperidine rings is 1. The van der Waals surface area contributed by atoms with Crippen molar-refractivity contribution in [1.29, 1.82) is 0 Å². The van der Waals surface area contributed by atoms with Gasteiger partial charge in [-0.05, 0) is 51.7 Å². The molecule has 120 valence electrons. The van der Waals surface area contributed by atoms with Crippen LogP contribution in [-0.2, 0) is 4.74 Å². The molecule has 2 saturated heterocycles. The van der Waals surface area contributed by atoms with Gasteiger partial charge in [-0.1, -0.05) is 0 Å². The van der Waals surface area contributed by atoms with Crippen molar-refractivity contribution in [2.45, 2.75) is 45.3 Å². The topological polar surface area (TPSA) is 45.7 Å². The second-order valence-electron chi connectivity index (χ2n) is 7.26. The maximum atomic E-state index is 12.5. The zero-order chi connectivity index (χ0) is 15.7. The minimum atomic E-state index is -0.439. The van der Waals surface area contributed by atoms with Gasteiger partial charge in [0.1, 0.15) is 5.60 Å². The van der Waals surface area contributed by atoms with Crippen LogP contribution in [0.4, 0.5) is 10.5 Å². The maximum Gasteiger partial charge on any atom is 0.410 e. The summed E-state index contributed by atoms with van der Waals surface area (Å²) >= 11 is 0. The first-order valence-corrected chi connectivity index (χ1v) is 8.08. The Morgan fingerprint density at radius 3 is 2.86 bits per heavy atom. The number of anilines is 1. The Morgan fingerprint density at radius 2 is 2.18 bits per heavy atom. The summed E-state index contributed by atoms with van der Waals surface area (Å²) in [4.78, 5) is 21.0. The number of fused-ring (bicyclic) bond motifs is 1. The Bertz CT molecular complexity index is 526. The van der Waals surface area contributed by atoms with Crippen molar-refractivity contribution in [1.82, 2.24) is 9.88 Å². The summed E-state index contributed by atoms with van der Waals surface area (Å²) in [7, 11) is 0. The van der Waals surface area contributed by atoms with E-state index in [0.29, 0.717) is 5.92 Å². The molecule has 1 aromatic heterocycles. The molecule has 0 spiro atoms. The molecule has 0 saturated carbocycles. The molecule has 1 amide bonds. The van der Waals surface area contributed by atoms with Crippen LogP contribution in [0.25, 0.3) is 0 Å². The number of pyridine rings is 1. The Kier molecular flexibility index (Phi) is 3.98. The monoisotopic (exact) mass is 303 g/mol. The van der Waals surface area contributed by atoms with E-state index in [4.69, 9.17) is 4.74 Å². The van der Waals surface area contributed by atoms with Crippen molar-refractivity contribution in [2.24, 2.45) is 5.92 Å². The van der Waals surface area contributed by atoms with E-state index < -0.39 is 5.60 Å². The molecule has 2 aliphatic rings. The van der Waals surface area contributed by atoms with Crippen LogP contribution in [0.5, 0.6) is 0 Å². The van der Waals surface area contributed by atoms with Crippen molar-refractivity contribution in [3.8, 4) is 0 Å². The van der Waals surface area contributed by atoms with Gasteiger partial charge in [0.25, 0.3) is 0 Å². The van der Waals surface area contributed by atoms with Crippen LogP contribution in [0.1, 0.15) is 33.6 Å². The number of amides is 1. The zero-order valence-corrected chi connectivity index (χ0v) is 13.7. The van der Waals surface area contributed by atoms with Gasteiger partial charge >= 0.3 is 6.09 Å². The number of likely N-dealkylation sites (tertiary alicyclic amines) is 1. The minimum absolute atomic E-state index is 0.171. The average Bonchev–Trinajstić information content (AvgIpc) is 2.90.